The normalized spacial score (nSPS) is 11.0. The van der Waals surface area contributed by atoms with E-state index in [4.69, 9.17) is 11.6 Å². The molecule has 3 nitrogen and oxygen atoms in total. The fourth-order valence-corrected chi connectivity index (χ4v) is 2.44. The maximum Gasteiger partial charge on any atom is 0.0663 e. The molecule has 0 unspecified atom stereocenters. The second-order valence-electron chi connectivity index (χ2n) is 4.80. The molecule has 0 saturated carbocycles. The Labute approximate surface area is 126 Å². The third kappa shape index (κ3) is 3.22. The van der Waals surface area contributed by atoms with Gasteiger partial charge in [-0.3, -0.25) is 0 Å². The van der Waals surface area contributed by atoms with E-state index in [0.29, 0.717) is 0 Å². The zero-order chi connectivity index (χ0) is 14.5. The van der Waals surface area contributed by atoms with Crippen molar-refractivity contribution in [2.45, 2.75) is 40.2 Å². The lowest BCUT2D eigenvalue weighted by Gasteiger charge is -2.10. The van der Waals surface area contributed by atoms with Gasteiger partial charge < -0.3 is 5.32 Å². The van der Waals surface area contributed by atoms with Crippen molar-refractivity contribution in [3.05, 3.63) is 46.2 Å². The fraction of sp³-hybridized carbons (Fsp3) is 0.438. The lowest BCUT2D eigenvalue weighted by molar-refractivity contribution is 0.726. The maximum atomic E-state index is 6.37. The van der Waals surface area contributed by atoms with E-state index in [2.05, 4.69) is 49.4 Å². The van der Waals surface area contributed by atoms with E-state index in [9.17, 15) is 0 Å². The standard InChI is InChI=1S/C16H22ClN3/c1-4-13-9-14(5-2)20(19-13)15-8-7-12(11-18-6-3)16(17)10-15/h7-10,18H,4-6,11H2,1-3H3. The quantitative estimate of drug-likeness (QED) is 0.878. The van der Waals surface area contributed by atoms with Crippen molar-refractivity contribution in [2.75, 3.05) is 6.54 Å². The average molecular weight is 292 g/mol. The lowest BCUT2D eigenvalue weighted by Crippen LogP contribution is -2.12. The molecule has 0 amide bonds. The molecular formula is C16H22ClN3. The number of hydrogen-bond acceptors (Lipinski definition) is 2. The first-order valence-electron chi connectivity index (χ1n) is 7.26. The topological polar surface area (TPSA) is 29.9 Å². The molecule has 0 aliphatic heterocycles. The van der Waals surface area contributed by atoms with Crippen molar-refractivity contribution in [3.63, 3.8) is 0 Å². The Hall–Kier alpha value is -1.32. The summed E-state index contributed by atoms with van der Waals surface area (Å²) in [6.07, 6.45) is 1.91. The van der Waals surface area contributed by atoms with E-state index >= 15 is 0 Å². The van der Waals surface area contributed by atoms with Crippen LogP contribution in [-0.4, -0.2) is 16.3 Å². The number of nitrogens with one attached hydrogen (secondary N) is 1. The summed E-state index contributed by atoms with van der Waals surface area (Å²) in [6.45, 7) is 8.10. The molecule has 1 aromatic heterocycles. The van der Waals surface area contributed by atoms with Crippen molar-refractivity contribution >= 4 is 11.6 Å². The van der Waals surface area contributed by atoms with Gasteiger partial charge in [0.05, 0.1) is 11.4 Å². The third-order valence-electron chi connectivity index (χ3n) is 3.40. The summed E-state index contributed by atoms with van der Waals surface area (Å²) in [5.74, 6) is 0. The summed E-state index contributed by atoms with van der Waals surface area (Å²) < 4.78 is 2.00. The molecule has 0 aliphatic rings. The molecule has 1 heterocycles. The Morgan fingerprint density at radius 3 is 2.55 bits per heavy atom. The van der Waals surface area contributed by atoms with Gasteiger partial charge >= 0.3 is 0 Å². The Morgan fingerprint density at radius 1 is 1.15 bits per heavy atom. The predicted molar refractivity (Wildman–Crippen MR) is 84.7 cm³/mol. The fourth-order valence-electron chi connectivity index (χ4n) is 2.19. The minimum atomic E-state index is 0.791. The van der Waals surface area contributed by atoms with Crippen LogP contribution in [0.5, 0.6) is 0 Å². The molecule has 0 radical (unpaired) electrons. The zero-order valence-electron chi connectivity index (χ0n) is 12.4. The van der Waals surface area contributed by atoms with Gasteiger partial charge in [0.15, 0.2) is 0 Å². The van der Waals surface area contributed by atoms with E-state index in [-0.39, 0.29) is 0 Å². The monoisotopic (exact) mass is 291 g/mol. The number of hydrogen-bond donors (Lipinski definition) is 1. The summed E-state index contributed by atoms with van der Waals surface area (Å²) in [6, 6.07) is 8.33. The van der Waals surface area contributed by atoms with Crippen molar-refractivity contribution in [1.29, 1.82) is 0 Å². The molecule has 1 N–H and O–H groups in total. The first-order valence-corrected chi connectivity index (χ1v) is 7.64. The van der Waals surface area contributed by atoms with Crippen molar-refractivity contribution in [1.82, 2.24) is 15.1 Å². The number of aromatic nitrogens is 2. The molecule has 1 aromatic carbocycles. The highest BCUT2D eigenvalue weighted by Gasteiger charge is 2.09. The number of rotatable bonds is 6. The van der Waals surface area contributed by atoms with Gasteiger partial charge in [0.25, 0.3) is 0 Å². The largest absolute Gasteiger partial charge is 0.313 e. The Bertz CT molecular complexity index is 575. The van der Waals surface area contributed by atoms with E-state index in [1.165, 1.54) is 5.69 Å². The summed E-state index contributed by atoms with van der Waals surface area (Å²) in [4.78, 5) is 0. The van der Waals surface area contributed by atoms with Gasteiger partial charge in [-0.25, -0.2) is 4.68 Å². The van der Waals surface area contributed by atoms with Crippen LogP contribution in [0.25, 0.3) is 5.69 Å². The Kier molecular flexibility index (Phi) is 5.21. The van der Waals surface area contributed by atoms with Gasteiger partial charge in [0.2, 0.25) is 0 Å². The molecule has 2 rings (SSSR count). The Morgan fingerprint density at radius 2 is 1.95 bits per heavy atom. The third-order valence-corrected chi connectivity index (χ3v) is 3.76. The van der Waals surface area contributed by atoms with Crippen LogP contribution in [0.15, 0.2) is 24.3 Å². The summed E-state index contributed by atoms with van der Waals surface area (Å²) >= 11 is 6.37. The van der Waals surface area contributed by atoms with E-state index < -0.39 is 0 Å². The summed E-state index contributed by atoms with van der Waals surface area (Å²) in [7, 11) is 0. The maximum absolute atomic E-state index is 6.37. The van der Waals surface area contributed by atoms with Crippen LogP contribution < -0.4 is 5.32 Å². The predicted octanol–water partition coefficient (Wildman–Crippen LogP) is 3.76. The number of benzene rings is 1. The highest BCUT2D eigenvalue weighted by atomic mass is 35.5. The molecule has 0 spiro atoms. The molecule has 0 fully saturated rings. The molecule has 2 aromatic rings. The molecule has 0 saturated heterocycles. The second kappa shape index (κ2) is 6.91. The molecule has 0 atom stereocenters. The number of nitrogens with zero attached hydrogens (tertiary/aromatic N) is 2. The van der Waals surface area contributed by atoms with Gasteiger partial charge in [-0.2, -0.15) is 5.10 Å². The zero-order valence-corrected chi connectivity index (χ0v) is 13.2. The highest BCUT2D eigenvalue weighted by Crippen LogP contribution is 2.22. The van der Waals surface area contributed by atoms with E-state index in [0.717, 1.165) is 47.9 Å². The van der Waals surface area contributed by atoms with Gasteiger partial charge in [0.1, 0.15) is 0 Å². The van der Waals surface area contributed by atoms with Gasteiger partial charge in [-0.05, 0) is 43.1 Å². The van der Waals surface area contributed by atoms with Crippen molar-refractivity contribution in [2.24, 2.45) is 0 Å². The van der Waals surface area contributed by atoms with Crippen LogP contribution in [0.3, 0.4) is 0 Å². The molecule has 4 heteroatoms. The van der Waals surface area contributed by atoms with Crippen LogP contribution in [-0.2, 0) is 19.4 Å². The summed E-state index contributed by atoms with van der Waals surface area (Å²) in [5.41, 5.74) is 4.50. The molecule has 20 heavy (non-hydrogen) atoms. The molecular weight excluding hydrogens is 270 g/mol. The summed E-state index contributed by atoms with van der Waals surface area (Å²) in [5, 5.41) is 8.73. The number of aryl methyl sites for hydroxylation is 2. The minimum Gasteiger partial charge on any atom is -0.313 e. The van der Waals surface area contributed by atoms with Crippen LogP contribution in [0.2, 0.25) is 5.02 Å². The van der Waals surface area contributed by atoms with Crippen LogP contribution in [0.4, 0.5) is 0 Å². The molecule has 0 bridgehead atoms. The first kappa shape index (κ1) is 15.1. The first-order chi connectivity index (χ1) is 9.69. The molecule has 0 aliphatic carbocycles. The molecule has 108 valence electrons. The average Bonchev–Trinajstić information content (AvgIpc) is 2.89. The smallest absolute Gasteiger partial charge is 0.0663 e. The Balaban J connectivity index is 2.33. The van der Waals surface area contributed by atoms with Crippen molar-refractivity contribution < 1.29 is 0 Å². The van der Waals surface area contributed by atoms with Crippen molar-refractivity contribution in [3.8, 4) is 5.69 Å². The number of halogens is 1. The van der Waals surface area contributed by atoms with Crippen LogP contribution in [0, 0.1) is 0 Å². The SMILES string of the molecule is CCNCc1ccc(-n2nc(CC)cc2CC)cc1Cl. The van der Waals surface area contributed by atoms with Crippen LogP contribution >= 0.6 is 11.6 Å². The van der Waals surface area contributed by atoms with Crippen LogP contribution in [0.1, 0.15) is 37.7 Å². The van der Waals surface area contributed by atoms with Gasteiger partial charge in [-0.1, -0.05) is 38.4 Å². The highest BCUT2D eigenvalue weighted by molar-refractivity contribution is 6.31. The lowest BCUT2D eigenvalue weighted by atomic mass is 10.2. The van der Waals surface area contributed by atoms with E-state index in [1.807, 2.05) is 10.7 Å². The van der Waals surface area contributed by atoms with Gasteiger partial charge in [0, 0.05) is 17.3 Å². The minimum absolute atomic E-state index is 0.791. The second-order valence-corrected chi connectivity index (χ2v) is 5.21. The van der Waals surface area contributed by atoms with Gasteiger partial charge in [-0.15, -0.1) is 0 Å². The van der Waals surface area contributed by atoms with E-state index in [1.54, 1.807) is 0 Å².